The van der Waals surface area contributed by atoms with E-state index in [1.807, 2.05) is 30.3 Å². The van der Waals surface area contributed by atoms with Crippen LogP contribution in [0.3, 0.4) is 0 Å². The van der Waals surface area contributed by atoms with Crippen molar-refractivity contribution in [2.75, 3.05) is 6.61 Å². The van der Waals surface area contributed by atoms with E-state index in [0.717, 1.165) is 32.9 Å². The molecule has 22 heavy (non-hydrogen) atoms. The van der Waals surface area contributed by atoms with Gasteiger partial charge >= 0.3 is 0 Å². The van der Waals surface area contributed by atoms with Crippen molar-refractivity contribution < 1.29 is 5.11 Å². The molecule has 114 valence electrons. The van der Waals surface area contributed by atoms with E-state index in [2.05, 4.69) is 38.0 Å². The van der Waals surface area contributed by atoms with Gasteiger partial charge in [-0.3, -0.25) is 0 Å². The van der Waals surface area contributed by atoms with E-state index < -0.39 is 0 Å². The molecule has 3 aromatic rings. The number of hydrogen-bond donors (Lipinski definition) is 1. The van der Waals surface area contributed by atoms with E-state index in [9.17, 15) is 0 Å². The molecule has 0 spiro atoms. The van der Waals surface area contributed by atoms with Crippen molar-refractivity contribution in [1.82, 2.24) is 4.57 Å². The number of halogens is 1. The van der Waals surface area contributed by atoms with Crippen LogP contribution >= 0.6 is 38.6 Å². The summed E-state index contributed by atoms with van der Waals surface area (Å²) < 4.78 is 3.30. The fraction of sp³-hybridized carbons (Fsp3) is 0.188. The number of nitrogens with zero attached hydrogens (tertiary/aromatic N) is 2. The van der Waals surface area contributed by atoms with E-state index in [1.165, 1.54) is 4.88 Å². The fourth-order valence-corrected chi connectivity index (χ4v) is 4.56. The summed E-state index contributed by atoms with van der Waals surface area (Å²) in [6, 6.07) is 14.1. The number of hydrogen-bond acceptors (Lipinski definition) is 4. The molecule has 3 nitrogen and oxygen atoms in total. The highest BCUT2D eigenvalue weighted by Crippen LogP contribution is 2.31. The number of aliphatic hydroxyl groups excluding tert-OH is 1. The first kappa shape index (κ1) is 15.7. The van der Waals surface area contributed by atoms with Gasteiger partial charge in [-0.25, -0.2) is 4.99 Å². The van der Waals surface area contributed by atoms with Gasteiger partial charge in [-0.2, -0.15) is 0 Å². The molecule has 0 saturated heterocycles. The smallest absolute Gasteiger partial charge is 0.190 e. The Morgan fingerprint density at radius 2 is 1.95 bits per heavy atom. The Morgan fingerprint density at radius 1 is 1.14 bits per heavy atom. The third kappa shape index (κ3) is 3.57. The largest absolute Gasteiger partial charge is 0.396 e. The minimum atomic E-state index is 0.182. The molecule has 0 fully saturated rings. The van der Waals surface area contributed by atoms with Crippen molar-refractivity contribution in [2.24, 2.45) is 4.99 Å². The number of para-hydroxylation sites is 1. The van der Waals surface area contributed by atoms with Crippen molar-refractivity contribution in [1.29, 1.82) is 0 Å². The highest BCUT2D eigenvalue weighted by Gasteiger charge is 2.10. The van der Waals surface area contributed by atoms with Gasteiger partial charge in [0.15, 0.2) is 4.80 Å². The van der Waals surface area contributed by atoms with Crippen molar-refractivity contribution in [3.8, 4) is 10.6 Å². The molecule has 0 aliphatic heterocycles. The van der Waals surface area contributed by atoms with Crippen LogP contribution in [0.1, 0.15) is 6.42 Å². The number of aliphatic hydroxyl groups is 1. The number of thiophene rings is 1. The molecule has 0 atom stereocenters. The van der Waals surface area contributed by atoms with E-state index >= 15 is 0 Å². The molecular weight excluding hydrogens is 380 g/mol. The molecule has 0 saturated carbocycles. The van der Waals surface area contributed by atoms with Crippen molar-refractivity contribution in [3.63, 3.8) is 0 Å². The van der Waals surface area contributed by atoms with Gasteiger partial charge in [0.05, 0.1) is 20.0 Å². The summed E-state index contributed by atoms with van der Waals surface area (Å²) in [5.41, 5.74) is 2.10. The van der Waals surface area contributed by atoms with Gasteiger partial charge < -0.3 is 9.67 Å². The zero-order chi connectivity index (χ0) is 15.4. The van der Waals surface area contributed by atoms with Gasteiger partial charge in [-0.15, -0.1) is 22.7 Å². The van der Waals surface area contributed by atoms with E-state index in [0.29, 0.717) is 0 Å². The Balaban J connectivity index is 2.07. The first-order valence-corrected chi connectivity index (χ1v) is 9.41. The van der Waals surface area contributed by atoms with Gasteiger partial charge in [0, 0.05) is 18.5 Å². The van der Waals surface area contributed by atoms with Gasteiger partial charge in [-0.05, 0) is 46.6 Å². The molecule has 0 aliphatic carbocycles. The second-order valence-electron chi connectivity index (χ2n) is 4.68. The maximum absolute atomic E-state index is 9.17. The summed E-state index contributed by atoms with van der Waals surface area (Å²) in [6.45, 7) is 0.942. The van der Waals surface area contributed by atoms with Crippen LogP contribution in [0.4, 0.5) is 5.69 Å². The predicted octanol–water partition coefficient (Wildman–Crippen LogP) is 4.66. The van der Waals surface area contributed by atoms with E-state index in [1.54, 1.807) is 22.7 Å². The molecule has 2 heterocycles. The molecule has 1 N–H and O–H groups in total. The number of thiazole rings is 1. The van der Waals surface area contributed by atoms with Gasteiger partial charge in [0.1, 0.15) is 0 Å². The molecule has 0 aliphatic rings. The average molecular weight is 395 g/mol. The highest BCUT2D eigenvalue weighted by molar-refractivity contribution is 9.11. The lowest BCUT2D eigenvalue weighted by Gasteiger charge is -2.06. The Hall–Kier alpha value is -1.21. The van der Waals surface area contributed by atoms with Crippen molar-refractivity contribution >= 4 is 44.3 Å². The second kappa shape index (κ2) is 7.37. The first-order chi connectivity index (χ1) is 10.8. The minimum absolute atomic E-state index is 0.182. The molecule has 0 amide bonds. The highest BCUT2D eigenvalue weighted by atomic mass is 79.9. The summed E-state index contributed by atoms with van der Waals surface area (Å²) >= 11 is 6.85. The average Bonchev–Trinajstić information content (AvgIpc) is 3.12. The van der Waals surface area contributed by atoms with Gasteiger partial charge in [0.25, 0.3) is 0 Å². The Morgan fingerprint density at radius 3 is 2.64 bits per heavy atom. The maximum atomic E-state index is 9.17. The van der Waals surface area contributed by atoms with Crippen molar-refractivity contribution in [2.45, 2.75) is 13.0 Å². The predicted molar refractivity (Wildman–Crippen MR) is 96.7 cm³/mol. The summed E-state index contributed by atoms with van der Waals surface area (Å²) in [5.74, 6) is 0. The van der Waals surface area contributed by atoms with Crippen LogP contribution < -0.4 is 4.80 Å². The molecule has 1 aromatic carbocycles. The third-order valence-corrected chi connectivity index (χ3v) is 5.65. The van der Waals surface area contributed by atoms with Crippen molar-refractivity contribution in [3.05, 3.63) is 56.4 Å². The van der Waals surface area contributed by atoms with Crippen LogP contribution in [0.2, 0.25) is 0 Å². The van der Waals surface area contributed by atoms with Crippen LogP contribution in [0.15, 0.2) is 56.6 Å². The van der Waals surface area contributed by atoms with E-state index in [-0.39, 0.29) is 6.61 Å². The number of benzene rings is 1. The Kier molecular flexibility index (Phi) is 5.25. The quantitative estimate of drug-likeness (QED) is 0.671. The topological polar surface area (TPSA) is 37.5 Å². The van der Waals surface area contributed by atoms with Crippen LogP contribution in [0, 0.1) is 0 Å². The van der Waals surface area contributed by atoms with E-state index in [4.69, 9.17) is 10.1 Å². The van der Waals surface area contributed by atoms with Crippen LogP contribution in [0.25, 0.3) is 10.6 Å². The lowest BCUT2D eigenvalue weighted by molar-refractivity contribution is 0.279. The summed E-state index contributed by atoms with van der Waals surface area (Å²) in [4.78, 5) is 6.90. The standard InChI is InChI=1S/C16H15BrN2OS2/c17-15-8-7-14(22-15)13-11-21-16(19(13)9-4-10-20)18-12-5-2-1-3-6-12/h1-3,5-8,11,20H,4,9-10H2. The second-order valence-corrected chi connectivity index (χ2v) is 7.98. The Labute approximate surface area is 145 Å². The molecule has 2 aromatic heterocycles. The first-order valence-electron chi connectivity index (χ1n) is 6.92. The lowest BCUT2D eigenvalue weighted by atomic mass is 10.3. The minimum Gasteiger partial charge on any atom is -0.396 e. The molecular formula is C16H15BrN2OS2. The summed E-state index contributed by atoms with van der Waals surface area (Å²) in [7, 11) is 0. The summed E-state index contributed by atoms with van der Waals surface area (Å²) in [6.07, 6.45) is 0.720. The number of aromatic nitrogens is 1. The molecule has 0 bridgehead atoms. The SMILES string of the molecule is OCCCn1c(-c2ccc(Br)s2)csc1=Nc1ccccc1. The third-order valence-electron chi connectivity index (χ3n) is 3.14. The molecule has 3 rings (SSSR count). The summed E-state index contributed by atoms with van der Waals surface area (Å²) in [5, 5.41) is 11.3. The zero-order valence-electron chi connectivity index (χ0n) is 11.8. The molecule has 6 heteroatoms. The van der Waals surface area contributed by atoms with Crippen LogP contribution in [-0.4, -0.2) is 16.3 Å². The van der Waals surface area contributed by atoms with Crippen LogP contribution in [-0.2, 0) is 6.54 Å². The zero-order valence-corrected chi connectivity index (χ0v) is 15.0. The molecule has 0 unspecified atom stereocenters. The number of rotatable bonds is 5. The van der Waals surface area contributed by atoms with Gasteiger partial charge in [0.2, 0.25) is 0 Å². The monoisotopic (exact) mass is 394 g/mol. The van der Waals surface area contributed by atoms with Gasteiger partial charge in [-0.1, -0.05) is 18.2 Å². The lowest BCUT2D eigenvalue weighted by Crippen LogP contribution is -2.16. The molecule has 0 radical (unpaired) electrons. The maximum Gasteiger partial charge on any atom is 0.190 e. The van der Waals surface area contributed by atoms with Crippen LogP contribution in [0.5, 0.6) is 0 Å². The Bertz CT molecular complexity index is 805. The fourth-order valence-electron chi connectivity index (χ4n) is 2.13. The normalized spacial score (nSPS) is 12.0.